The standard InChI is InChI=1S/C22H20N4O2S/c1-16-8-10-17(11-9-16)14-26-20-7-3-2-6-19(20)24-22(26)29-15-21(27)25-23-13-18-5-4-12-28-18/h2-13H,14-15H2,1H3,(H,25,27)/p+1. The minimum absolute atomic E-state index is 0.182. The van der Waals surface area contributed by atoms with Crippen molar-refractivity contribution in [1.29, 1.82) is 0 Å². The molecule has 0 unspecified atom stereocenters. The second kappa shape index (κ2) is 8.79. The van der Waals surface area contributed by atoms with Gasteiger partial charge in [0, 0.05) is 0 Å². The molecule has 0 saturated carbocycles. The van der Waals surface area contributed by atoms with Crippen molar-refractivity contribution in [1.82, 2.24) is 10.4 Å². The molecule has 0 saturated heterocycles. The Morgan fingerprint density at radius 2 is 2.00 bits per heavy atom. The summed E-state index contributed by atoms with van der Waals surface area (Å²) in [4.78, 5) is 15.6. The molecule has 2 aromatic carbocycles. The molecule has 29 heavy (non-hydrogen) atoms. The van der Waals surface area contributed by atoms with Gasteiger partial charge in [-0.1, -0.05) is 42.0 Å². The highest BCUT2D eigenvalue weighted by molar-refractivity contribution is 7.99. The first-order chi connectivity index (χ1) is 14.2. The molecule has 6 nitrogen and oxygen atoms in total. The second-order valence-electron chi connectivity index (χ2n) is 6.62. The summed E-state index contributed by atoms with van der Waals surface area (Å²) in [5.74, 6) is 0.652. The number of fused-ring (bicyclic) bond motifs is 1. The molecule has 0 atom stereocenters. The Bertz CT molecular complexity index is 1130. The number of aromatic amines is 1. The maximum absolute atomic E-state index is 12.2. The molecule has 146 valence electrons. The highest BCUT2D eigenvalue weighted by atomic mass is 32.2. The molecule has 4 rings (SSSR count). The van der Waals surface area contributed by atoms with E-state index in [9.17, 15) is 4.79 Å². The first-order valence-corrected chi connectivity index (χ1v) is 10.2. The van der Waals surface area contributed by atoms with E-state index in [2.05, 4.69) is 57.3 Å². The van der Waals surface area contributed by atoms with E-state index in [1.54, 1.807) is 18.4 Å². The molecule has 2 N–H and O–H groups in total. The van der Waals surface area contributed by atoms with Gasteiger partial charge in [-0.05, 0) is 48.5 Å². The van der Waals surface area contributed by atoms with Crippen molar-refractivity contribution in [2.75, 3.05) is 5.75 Å². The SMILES string of the molecule is Cc1ccc(C[n+]2c(SCC(=O)NN=Cc3ccco3)[nH]c3ccccc32)cc1. The number of imidazole rings is 1. The lowest BCUT2D eigenvalue weighted by atomic mass is 10.1. The summed E-state index contributed by atoms with van der Waals surface area (Å²) in [7, 11) is 0. The van der Waals surface area contributed by atoms with Gasteiger partial charge in [0.05, 0.1) is 18.2 Å². The number of furan rings is 1. The molecule has 0 radical (unpaired) electrons. The van der Waals surface area contributed by atoms with Crippen molar-refractivity contribution in [3.8, 4) is 0 Å². The van der Waals surface area contributed by atoms with Crippen molar-refractivity contribution >= 4 is 34.9 Å². The third-order valence-corrected chi connectivity index (χ3v) is 5.41. The van der Waals surface area contributed by atoms with Gasteiger partial charge < -0.3 is 4.42 Å². The molecular formula is C22H21N4O2S+. The predicted octanol–water partition coefficient (Wildman–Crippen LogP) is 3.65. The van der Waals surface area contributed by atoms with E-state index in [0.717, 1.165) is 22.7 Å². The lowest BCUT2D eigenvalue weighted by molar-refractivity contribution is -0.700. The highest BCUT2D eigenvalue weighted by Crippen LogP contribution is 2.18. The summed E-state index contributed by atoms with van der Waals surface area (Å²) in [6.07, 6.45) is 3.03. The van der Waals surface area contributed by atoms with E-state index in [1.165, 1.54) is 29.1 Å². The van der Waals surface area contributed by atoms with E-state index < -0.39 is 0 Å². The van der Waals surface area contributed by atoms with Gasteiger partial charge in [-0.25, -0.2) is 15.0 Å². The quantitative estimate of drug-likeness (QED) is 0.213. The zero-order chi connectivity index (χ0) is 20.1. The smallest absolute Gasteiger partial charge is 0.317 e. The lowest BCUT2D eigenvalue weighted by Crippen LogP contribution is -2.36. The monoisotopic (exact) mass is 405 g/mol. The molecular weight excluding hydrogens is 384 g/mol. The number of amides is 1. The maximum Gasteiger partial charge on any atom is 0.317 e. The lowest BCUT2D eigenvalue weighted by Gasteiger charge is -2.03. The van der Waals surface area contributed by atoms with Gasteiger partial charge in [-0.2, -0.15) is 5.10 Å². The van der Waals surface area contributed by atoms with E-state index in [0.29, 0.717) is 5.76 Å². The second-order valence-corrected chi connectivity index (χ2v) is 7.58. The number of benzene rings is 2. The first-order valence-electron chi connectivity index (χ1n) is 9.23. The van der Waals surface area contributed by atoms with E-state index in [-0.39, 0.29) is 11.7 Å². The van der Waals surface area contributed by atoms with Crippen LogP contribution in [0.5, 0.6) is 0 Å². The topological polar surface area (TPSA) is 74.3 Å². The number of hydrazone groups is 1. The van der Waals surface area contributed by atoms with Crippen molar-refractivity contribution in [3.05, 3.63) is 83.8 Å². The summed E-state index contributed by atoms with van der Waals surface area (Å²) in [5, 5.41) is 4.85. The summed E-state index contributed by atoms with van der Waals surface area (Å²) in [6.45, 7) is 2.81. The number of para-hydroxylation sites is 2. The molecule has 4 aromatic rings. The molecule has 0 fully saturated rings. The van der Waals surface area contributed by atoms with Crippen LogP contribution in [0.1, 0.15) is 16.9 Å². The molecule has 0 bridgehead atoms. The van der Waals surface area contributed by atoms with Crippen molar-refractivity contribution in [2.24, 2.45) is 5.10 Å². The Balaban J connectivity index is 1.47. The van der Waals surface area contributed by atoms with Crippen LogP contribution in [-0.4, -0.2) is 22.9 Å². The largest absolute Gasteiger partial charge is 0.463 e. The summed E-state index contributed by atoms with van der Waals surface area (Å²) < 4.78 is 7.34. The van der Waals surface area contributed by atoms with Crippen LogP contribution in [0.25, 0.3) is 11.0 Å². The number of aromatic nitrogens is 2. The Morgan fingerprint density at radius 1 is 1.17 bits per heavy atom. The molecule has 1 amide bonds. The molecule has 2 aromatic heterocycles. The van der Waals surface area contributed by atoms with Crippen LogP contribution in [-0.2, 0) is 11.3 Å². The van der Waals surface area contributed by atoms with Crippen LogP contribution in [0.4, 0.5) is 0 Å². The molecule has 0 aliphatic carbocycles. The molecule has 0 aliphatic rings. The predicted molar refractivity (Wildman–Crippen MR) is 114 cm³/mol. The number of aryl methyl sites for hydroxylation is 1. The minimum Gasteiger partial charge on any atom is -0.463 e. The van der Waals surface area contributed by atoms with Gasteiger partial charge in [0.15, 0.2) is 11.0 Å². The number of rotatable bonds is 7. The van der Waals surface area contributed by atoms with E-state index in [1.807, 2.05) is 18.2 Å². The van der Waals surface area contributed by atoms with Crippen molar-refractivity contribution in [2.45, 2.75) is 18.6 Å². The summed E-state index contributed by atoms with van der Waals surface area (Å²) in [6, 6.07) is 20.2. The van der Waals surface area contributed by atoms with Crippen molar-refractivity contribution in [3.63, 3.8) is 0 Å². The number of carbonyl (C=O) groups excluding carboxylic acids is 1. The van der Waals surface area contributed by atoms with Crippen LogP contribution in [0.2, 0.25) is 0 Å². The number of nitrogens with zero attached hydrogens (tertiary/aromatic N) is 2. The van der Waals surface area contributed by atoms with Gasteiger partial charge in [-0.15, -0.1) is 0 Å². The van der Waals surface area contributed by atoms with Crippen LogP contribution in [0.15, 0.2) is 81.6 Å². The van der Waals surface area contributed by atoms with Gasteiger partial charge in [-0.3, -0.25) is 4.79 Å². The highest BCUT2D eigenvalue weighted by Gasteiger charge is 2.20. The average Bonchev–Trinajstić information content (AvgIpc) is 3.36. The average molecular weight is 406 g/mol. The van der Waals surface area contributed by atoms with E-state index in [4.69, 9.17) is 4.42 Å². The Labute approximate surface area is 172 Å². The van der Waals surface area contributed by atoms with Gasteiger partial charge in [0.2, 0.25) is 0 Å². The van der Waals surface area contributed by atoms with Crippen LogP contribution in [0.3, 0.4) is 0 Å². The Morgan fingerprint density at radius 3 is 2.79 bits per heavy atom. The molecule has 0 spiro atoms. The third kappa shape index (κ3) is 4.75. The minimum atomic E-state index is -0.182. The molecule has 2 heterocycles. The fourth-order valence-corrected chi connectivity index (χ4v) is 3.79. The Kier molecular flexibility index (Phi) is 5.76. The van der Waals surface area contributed by atoms with Crippen molar-refractivity contribution < 1.29 is 13.8 Å². The summed E-state index contributed by atoms with van der Waals surface area (Å²) in [5.41, 5.74) is 7.11. The third-order valence-electron chi connectivity index (χ3n) is 4.41. The number of thioether (sulfide) groups is 1. The van der Waals surface area contributed by atoms with Gasteiger partial charge >= 0.3 is 5.16 Å². The van der Waals surface area contributed by atoms with Crippen LogP contribution >= 0.6 is 11.8 Å². The molecule has 0 aliphatic heterocycles. The first kappa shape index (κ1) is 19.0. The number of carbonyl (C=O) groups is 1. The fraction of sp³-hybridized carbons (Fsp3) is 0.136. The van der Waals surface area contributed by atoms with Crippen LogP contribution in [0, 0.1) is 6.92 Å². The number of hydrogen-bond acceptors (Lipinski definition) is 4. The number of hydrogen-bond donors (Lipinski definition) is 2. The normalized spacial score (nSPS) is 11.3. The van der Waals surface area contributed by atoms with Gasteiger partial charge in [0.25, 0.3) is 5.91 Å². The van der Waals surface area contributed by atoms with Gasteiger partial charge in [0.1, 0.15) is 12.3 Å². The maximum atomic E-state index is 12.2. The Hall–Kier alpha value is -3.32. The number of H-pyrrole nitrogens is 1. The summed E-state index contributed by atoms with van der Waals surface area (Å²) >= 11 is 1.45. The number of nitrogens with one attached hydrogen (secondary N) is 2. The zero-order valence-electron chi connectivity index (χ0n) is 16.0. The van der Waals surface area contributed by atoms with Crippen LogP contribution < -0.4 is 9.99 Å². The zero-order valence-corrected chi connectivity index (χ0v) is 16.8. The molecule has 7 heteroatoms. The van der Waals surface area contributed by atoms with E-state index >= 15 is 0 Å². The fourth-order valence-electron chi connectivity index (χ4n) is 2.95.